The van der Waals surface area contributed by atoms with E-state index in [2.05, 4.69) is 17.3 Å². The van der Waals surface area contributed by atoms with Gasteiger partial charge in [0.05, 0.1) is 12.2 Å². The Morgan fingerprint density at radius 3 is 2.80 bits per heavy atom. The molecule has 6 nitrogen and oxygen atoms in total. The first-order valence-corrected chi connectivity index (χ1v) is 8.80. The second-order valence-electron chi connectivity index (χ2n) is 6.30. The van der Waals surface area contributed by atoms with E-state index in [1.54, 1.807) is 4.90 Å². The molecule has 0 fully saturated rings. The van der Waals surface area contributed by atoms with E-state index in [0.29, 0.717) is 25.2 Å². The highest BCUT2D eigenvalue weighted by Gasteiger charge is 2.35. The first-order chi connectivity index (χ1) is 12.0. The Balaban J connectivity index is 1.89. The lowest BCUT2D eigenvalue weighted by Gasteiger charge is -2.33. The van der Waals surface area contributed by atoms with Gasteiger partial charge in [0.25, 0.3) is 0 Å². The molecule has 132 valence electrons. The van der Waals surface area contributed by atoms with Crippen LogP contribution in [-0.2, 0) is 22.6 Å². The number of hydrogen-bond donors (Lipinski definition) is 1. The van der Waals surface area contributed by atoms with Crippen molar-refractivity contribution in [3.8, 4) is 0 Å². The Hall–Kier alpha value is -2.63. The number of fused-ring (bicyclic) bond motifs is 1. The van der Waals surface area contributed by atoms with Crippen LogP contribution in [0.2, 0.25) is 0 Å². The van der Waals surface area contributed by atoms with E-state index in [1.165, 1.54) is 0 Å². The summed E-state index contributed by atoms with van der Waals surface area (Å²) >= 11 is 0. The van der Waals surface area contributed by atoms with Gasteiger partial charge in [-0.1, -0.05) is 32.0 Å². The minimum Gasteiger partial charge on any atom is -0.324 e. The topological polar surface area (TPSA) is 67.2 Å². The molecule has 1 unspecified atom stereocenters. The number of benzene rings is 1. The van der Waals surface area contributed by atoms with Crippen LogP contribution >= 0.6 is 0 Å². The maximum Gasteiger partial charge on any atom is 0.247 e. The van der Waals surface area contributed by atoms with E-state index >= 15 is 0 Å². The third-order valence-electron chi connectivity index (χ3n) is 4.59. The number of nitrogens with zero attached hydrogens (tertiary/aromatic N) is 3. The van der Waals surface area contributed by atoms with E-state index in [0.717, 1.165) is 23.4 Å². The molecule has 1 aromatic carbocycles. The monoisotopic (exact) mass is 340 g/mol. The zero-order valence-corrected chi connectivity index (χ0v) is 15.0. The number of carbonyl (C=O) groups is 2. The molecule has 6 heteroatoms. The fourth-order valence-corrected chi connectivity index (χ4v) is 3.33. The van der Waals surface area contributed by atoms with Gasteiger partial charge in [0, 0.05) is 18.2 Å². The van der Waals surface area contributed by atoms with Crippen LogP contribution in [0.3, 0.4) is 0 Å². The molecule has 0 bridgehead atoms. The van der Waals surface area contributed by atoms with E-state index < -0.39 is 6.04 Å². The van der Waals surface area contributed by atoms with Gasteiger partial charge < -0.3 is 5.32 Å². The van der Waals surface area contributed by atoms with Crippen LogP contribution in [0.25, 0.3) is 0 Å². The van der Waals surface area contributed by atoms with Gasteiger partial charge in [0.1, 0.15) is 11.9 Å². The van der Waals surface area contributed by atoms with Gasteiger partial charge in [-0.25, -0.2) is 4.68 Å². The smallest absolute Gasteiger partial charge is 0.247 e. The summed E-state index contributed by atoms with van der Waals surface area (Å²) in [6, 6.07) is 9.08. The molecule has 0 radical (unpaired) electrons. The molecule has 1 aromatic heterocycles. The Bertz CT molecular complexity index is 796. The van der Waals surface area contributed by atoms with Crippen LogP contribution in [0, 0.1) is 6.92 Å². The average Bonchev–Trinajstić information content (AvgIpc) is 2.98. The van der Waals surface area contributed by atoms with Crippen molar-refractivity contribution in [2.75, 3.05) is 10.2 Å². The van der Waals surface area contributed by atoms with Crippen molar-refractivity contribution in [3.05, 3.63) is 41.6 Å². The zero-order chi connectivity index (χ0) is 18.0. The zero-order valence-electron chi connectivity index (χ0n) is 15.0. The molecule has 25 heavy (non-hydrogen) atoms. The summed E-state index contributed by atoms with van der Waals surface area (Å²) in [6.07, 6.45) is 1.74. The van der Waals surface area contributed by atoms with Gasteiger partial charge in [-0.15, -0.1) is 0 Å². The van der Waals surface area contributed by atoms with Crippen molar-refractivity contribution in [1.82, 2.24) is 9.78 Å². The summed E-state index contributed by atoms with van der Waals surface area (Å²) < 4.78 is 1.81. The number of rotatable bonds is 5. The van der Waals surface area contributed by atoms with Crippen molar-refractivity contribution in [2.45, 2.75) is 52.6 Å². The van der Waals surface area contributed by atoms with Gasteiger partial charge in [-0.3, -0.25) is 14.5 Å². The Kier molecular flexibility index (Phi) is 4.88. The Morgan fingerprint density at radius 2 is 2.08 bits per heavy atom. The molecule has 1 aliphatic rings. The summed E-state index contributed by atoms with van der Waals surface area (Å²) in [7, 11) is 0. The summed E-state index contributed by atoms with van der Waals surface area (Å²) in [6.45, 7) is 6.44. The lowest BCUT2D eigenvalue weighted by atomic mass is 10.1. The second kappa shape index (κ2) is 7.09. The SMILES string of the molecule is CCc1ccccc1NC(=O)C(CC)N1C(=O)CCn2nc(C)cc21. The fourth-order valence-electron chi connectivity index (χ4n) is 3.33. The maximum absolute atomic E-state index is 12.9. The van der Waals surface area contributed by atoms with E-state index in [9.17, 15) is 9.59 Å². The molecule has 2 amide bonds. The largest absolute Gasteiger partial charge is 0.324 e. The number of carbonyl (C=O) groups excluding carboxylic acids is 2. The van der Waals surface area contributed by atoms with Crippen molar-refractivity contribution >= 4 is 23.3 Å². The number of anilines is 2. The van der Waals surface area contributed by atoms with E-state index in [4.69, 9.17) is 0 Å². The predicted octanol–water partition coefficient (Wildman–Crippen LogP) is 2.91. The third kappa shape index (κ3) is 3.29. The van der Waals surface area contributed by atoms with E-state index in [-0.39, 0.29) is 11.8 Å². The fraction of sp³-hybridized carbons (Fsp3) is 0.421. The van der Waals surface area contributed by atoms with Crippen LogP contribution in [0.1, 0.15) is 37.9 Å². The molecule has 3 rings (SSSR count). The lowest BCUT2D eigenvalue weighted by molar-refractivity contribution is -0.124. The minimum atomic E-state index is -0.549. The number of para-hydroxylation sites is 1. The van der Waals surface area contributed by atoms with Gasteiger partial charge >= 0.3 is 0 Å². The quantitative estimate of drug-likeness (QED) is 0.910. The minimum absolute atomic E-state index is 0.0295. The van der Waals surface area contributed by atoms with Crippen molar-refractivity contribution in [3.63, 3.8) is 0 Å². The predicted molar refractivity (Wildman–Crippen MR) is 97.6 cm³/mol. The van der Waals surface area contributed by atoms with Crippen LogP contribution in [0.15, 0.2) is 30.3 Å². The third-order valence-corrected chi connectivity index (χ3v) is 4.59. The highest BCUT2D eigenvalue weighted by molar-refractivity contribution is 6.05. The molecule has 0 saturated carbocycles. The standard InChI is InChI=1S/C19H24N4O2/c1-4-14-8-6-7-9-15(14)20-19(25)16(5-2)23-17-12-13(3)21-22(17)11-10-18(23)24/h6-9,12,16H,4-5,10-11H2,1-3H3,(H,20,25). The van der Waals surface area contributed by atoms with Crippen LogP contribution in [0.4, 0.5) is 11.5 Å². The number of nitrogens with one attached hydrogen (secondary N) is 1. The summed E-state index contributed by atoms with van der Waals surface area (Å²) in [5.41, 5.74) is 2.74. The highest BCUT2D eigenvalue weighted by atomic mass is 16.2. The van der Waals surface area contributed by atoms with E-state index in [1.807, 2.05) is 48.9 Å². The molecule has 1 aliphatic heterocycles. The van der Waals surface area contributed by atoms with Crippen molar-refractivity contribution in [1.29, 1.82) is 0 Å². The molecular weight excluding hydrogens is 316 g/mol. The van der Waals surface area contributed by atoms with Crippen LogP contribution in [0.5, 0.6) is 0 Å². The molecule has 0 spiro atoms. The van der Waals surface area contributed by atoms with Gasteiger partial charge in [0.15, 0.2) is 0 Å². The summed E-state index contributed by atoms with van der Waals surface area (Å²) in [5, 5.41) is 7.42. The van der Waals surface area contributed by atoms with Crippen LogP contribution in [-0.4, -0.2) is 27.6 Å². The van der Waals surface area contributed by atoms with Gasteiger partial charge in [-0.2, -0.15) is 5.10 Å². The normalized spacial score (nSPS) is 15.0. The molecule has 0 aliphatic carbocycles. The van der Waals surface area contributed by atoms with Crippen molar-refractivity contribution < 1.29 is 9.59 Å². The summed E-state index contributed by atoms with van der Waals surface area (Å²) in [5.74, 6) is 0.516. The number of aromatic nitrogens is 2. The highest BCUT2D eigenvalue weighted by Crippen LogP contribution is 2.27. The molecular formula is C19H24N4O2. The average molecular weight is 340 g/mol. The second-order valence-corrected chi connectivity index (χ2v) is 6.30. The molecule has 2 aromatic rings. The maximum atomic E-state index is 12.9. The first-order valence-electron chi connectivity index (χ1n) is 8.80. The first kappa shape index (κ1) is 17.2. The molecule has 2 heterocycles. The lowest BCUT2D eigenvalue weighted by Crippen LogP contribution is -2.50. The van der Waals surface area contributed by atoms with Gasteiger partial charge in [0.2, 0.25) is 11.8 Å². The summed E-state index contributed by atoms with van der Waals surface area (Å²) in [4.78, 5) is 27.1. The Morgan fingerprint density at radius 1 is 1.32 bits per heavy atom. The number of amides is 2. The molecule has 1 atom stereocenters. The Labute approximate surface area is 147 Å². The van der Waals surface area contributed by atoms with Crippen molar-refractivity contribution in [2.24, 2.45) is 0 Å². The number of hydrogen-bond acceptors (Lipinski definition) is 3. The van der Waals surface area contributed by atoms with Gasteiger partial charge in [-0.05, 0) is 31.4 Å². The van der Waals surface area contributed by atoms with Crippen LogP contribution < -0.4 is 10.2 Å². The molecule has 1 N–H and O–H groups in total. The molecule has 0 saturated heterocycles. The number of aryl methyl sites for hydroxylation is 3.